The smallest absolute Gasteiger partial charge is 0.271 e. The molecule has 1 aromatic carbocycles. The standard InChI is InChI=1S/C19H20ClN3O/c20-15-11-21-18(13-4-2-1-3-5-13)23-17(15)19(24)22-16-9-7-12-6-8-14(16)10-12/h1-5,11-12,14,16H,6-10H2,(H,22,24). The number of halogens is 1. The Labute approximate surface area is 146 Å². The van der Waals surface area contributed by atoms with Gasteiger partial charge in [-0.3, -0.25) is 4.79 Å². The fourth-order valence-corrected chi connectivity index (χ4v) is 4.25. The van der Waals surface area contributed by atoms with Crippen LogP contribution in [0, 0.1) is 11.8 Å². The minimum absolute atomic E-state index is 0.185. The second kappa shape index (κ2) is 6.52. The Bertz CT molecular complexity index is 750. The van der Waals surface area contributed by atoms with Crippen molar-refractivity contribution in [2.24, 2.45) is 11.8 Å². The third-order valence-electron chi connectivity index (χ3n) is 5.34. The Morgan fingerprint density at radius 3 is 2.75 bits per heavy atom. The number of benzene rings is 1. The average Bonchev–Trinajstić information content (AvgIpc) is 3.01. The molecule has 0 saturated heterocycles. The number of hydrogen-bond donors (Lipinski definition) is 1. The predicted molar refractivity (Wildman–Crippen MR) is 93.8 cm³/mol. The molecule has 2 aliphatic carbocycles. The number of nitrogens with zero attached hydrogens (tertiary/aromatic N) is 2. The van der Waals surface area contributed by atoms with Gasteiger partial charge in [-0.05, 0) is 37.5 Å². The fourth-order valence-electron chi connectivity index (χ4n) is 4.07. The Kier molecular flexibility index (Phi) is 4.23. The van der Waals surface area contributed by atoms with Crippen molar-refractivity contribution in [1.29, 1.82) is 0 Å². The summed E-state index contributed by atoms with van der Waals surface area (Å²) in [7, 11) is 0. The van der Waals surface area contributed by atoms with Gasteiger partial charge in [-0.25, -0.2) is 9.97 Å². The van der Waals surface area contributed by atoms with Crippen LogP contribution in [0.1, 0.15) is 42.6 Å². The largest absolute Gasteiger partial charge is 0.348 e. The van der Waals surface area contributed by atoms with Gasteiger partial charge in [0.25, 0.3) is 5.91 Å². The molecule has 2 bridgehead atoms. The van der Waals surface area contributed by atoms with Gasteiger partial charge in [-0.2, -0.15) is 0 Å². The first kappa shape index (κ1) is 15.6. The highest BCUT2D eigenvalue weighted by atomic mass is 35.5. The van der Waals surface area contributed by atoms with Crippen LogP contribution in [0.5, 0.6) is 0 Å². The van der Waals surface area contributed by atoms with E-state index in [9.17, 15) is 4.79 Å². The minimum atomic E-state index is -0.185. The number of aromatic nitrogens is 2. The highest BCUT2D eigenvalue weighted by Crippen LogP contribution is 2.42. The van der Waals surface area contributed by atoms with Crippen molar-refractivity contribution in [3.8, 4) is 11.4 Å². The van der Waals surface area contributed by atoms with Gasteiger partial charge in [0.15, 0.2) is 11.5 Å². The lowest BCUT2D eigenvalue weighted by atomic mass is 9.85. The highest BCUT2D eigenvalue weighted by molar-refractivity contribution is 6.33. The van der Waals surface area contributed by atoms with E-state index in [2.05, 4.69) is 15.3 Å². The molecule has 4 rings (SSSR count). The molecule has 5 heteroatoms. The molecule has 1 amide bonds. The van der Waals surface area contributed by atoms with Crippen molar-refractivity contribution in [2.75, 3.05) is 0 Å². The molecule has 0 aliphatic heterocycles. The molecule has 2 fully saturated rings. The normalized spacial score (nSPS) is 25.5. The zero-order valence-corrected chi connectivity index (χ0v) is 14.2. The summed E-state index contributed by atoms with van der Waals surface area (Å²) in [6.45, 7) is 0. The van der Waals surface area contributed by atoms with E-state index in [0.29, 0.717) is 16.8 Å². The first-order valence-corrected chi connectivity index (χ1v) is 8.97. The lowest BCUT2D eigenvalue weighted by molar-refractivity contribution is 0.0904. The van der Waals surface area contributed by atoms with Crippen LogP contribution in [0.3, 0.4) is 0 Å². The molecule has 0 radical (unpaired) electrons. The number of carbonyl (C=O) groups is 1. The van der Waals surface area contributed by atoms with E-state index in [1.807, 2.05) is 30.3 Å². The van der Waals surface area contributed by atoms with Gasteiger partial charge in [-0.1, -0.05) is 48.4 Å². The molecule has 2 aromatic rings. The maximum absolute atomic E-state index is 12.7. The first-order chi connectivity index (χ1) is 11.7. The summed E-state index contributed by atoms with van der Waals surface area (Å²) in [6.07, 6.45) is 7.57. The number of carbonyl (C=O) groups excluding carboxylic acids is 1. The van der Waals surface area contributed by atoms with Crippen LogP contribution >= 0.6 is 11.6 Å². The van der Waals surface area contributed by atoms with E-state index in [0.717, 1.165) is 17.9 Å². The summed E-state index contributed by atoms with van der Waals surface area (Å²) in [4.78, 5) is 21.4. The van der Waals surface area contributed by atoms with Crippen molar-refractivity contribution in [3.05, 3.63) is 47.2 Å². The van der Waals surface area contributed by atoms with Crippen LogP contribution in [-0.2, 0) is 0 Å². The molecule has 1 aromatic heterocycles. The second-order valence-electron chi connectivity index (χ2n) is 6.85. The molecule has 1 heterocycles. The molecule has 3 atom stereocenters. The summed E-state index contributed by atoms with van der Waals surface area (Å²) < 4.78 is 0. The number of rotatable bonds is 3. The van der Waals surface area contributed by atoms with Gasteiger partial charge in [0.05, 0.1) is 11.2 Å². The van der Waals surface area contributed by atoms with Gasteiger partial charge in [-0.15, -0.1) is 0 Å². The zero-order chi connectivity index (χ0) is 16.5. The van der Waals surface area contributed by atoms with E-state index in [1.54, 1.807) is 0 Å². The van der Waals surface area contributed by atoms with E-state index in [-0.39, 0.29) is 17.6 Å². The van der Waals surface area contributed by atoms with Gasteiger partial charge in [0.2, 0.25) is 0 Å². The predicted octanol–water partition coefficient (Wildman–Crippen LogP) is 4.11. The Morgan fingerprint density at radius 1 is 1.12 bits per heavy atom. The molecular formula is C19H20ClN3O. The van der Waals surface area contributed by atoms with Gasteiger partial charge in [0.1, 0.15) is 0 Å². The van der Waals surface area contributed by atoms with Crippen molar-refractivity contribution >= 4 is 17.5 Å². The van der Waals surface area contributed by atoms with Crippen molar-refractivity contribution in [3.63, 3.8) is 0 Å². The van der Waals surface area contributed by atoms with Crippen molar-refractivity contribution < 1.29 is 4.79 Å². The topological polar surface area (TPSA) is 54.9 Å². The van der Waals surface area contributed by atoms with Crippen LogP contribution in [0.25, 0.3) is 11.4 Å². The summed E-state index contributed by atoms with van der Waals surface area (Å²) in [5.41, 5.74) is 1.14. The van der Waals surface area contributed by atoms with Crippen LogP contribution in [0.4, 0.5) is 0 Å². The van der Waals surface area contributed by atoms with E-state index < -0.39 is 0 Å². The fraction of sp³-hybridized carbons (Fsp3) is 0.421. The SMILES string of the molecule is O=C(NC1CCC2CCC1C2)c1nc(-c2ccccc2)ncc1Cl. The van der Waals surface area contributed by atoms with Crippen molar-refractivity contribution in [1.82, 2.24) is 15.3 Å². The third-order valence-corrected chi connectivity index (χ3v) is 5.62. The van der Waals surface area contributed by atoms with E-state index in [1.165, 1.54) is 31.9 Å². The molecule has 24 heavy (non-hydrogen) atoms. The molecular weight excluding hydrogens is 322 g/mol. The third kappa shape index (κ3) is 3.03. The maximum Gasteiger partial charge on any atom is 0.271 e. The zero-order valence-electron chi connectivity index (χ0n) is 13.4. The number of fused-ring (bicyclic) bond motifs is 2. The Hall–Kier alpha value is -1.94. The molecule has 1 N–H and O–H groups in total. The Morgan fingerprint density at radius 2 is 1.92 bits per heavy atom. The van der Waals surface area contributed by atoms with Crippen LogP contribution in [0.2, 0.25) is 5.02 Å². The summed E-state index contributed by atoms with van der Waals surface area (Å²) in [6, 6.07) is 9.87. The molecule has 0 spiro atoms. The van der Waals surface area contributed by atoms with Crippen molar-refractivity contribution in [2.45, 2.75) is 38.1 Å². The molecule has 3 unspecified atom stereocenters. The maximum atomic E-state index is 12.7. The van der Waals surface area contributed by atoms with E-state index >= 15 is 0 Å². The average molecular weight is 342 g/mol. The second-order valence-corrected chi connectivity index (χ2v) is 7.26. The monoisotopic (exact) mass is 341 g/mol. The molecule has 2 aliphatic rings. The van der Waals surface area contributed by atoms with E-state index in [4.69, 9.17) is 11.6 Å². The summed E-state index contributed by atoms with van der Waals surface area (Å²) in [5, 5.41) is 3.47. The van der Waals surface area contributed by atoms with Gasteiger partial charge < -0.3 is 5.32 Å². The summed E-state index contributed by atoms with van der Waals surface area (Å²) >= 11 is 6.19. The highest BCUT2D eigenvalue weighted by Gasteiger charge is 2.36. The van der Waals surface area contributed by atoms with Crippen LogP contribution in [-0.4, -0.2) is 21.9 Å². The van der Waals surface area contributed by atoms with Crippen LogP contribution < -0.4 is 5.32 Å². The quantitative estimate of drug-likeness (QED) is 0.914. The number of hydrogen-bond acceptors (Lipinski definition) is 3. The lowest BCUT2D eigenvalue weighted by Gasteiger charge is -2.29. The molecule has 2 saturated carbocycles. The molecule has 4 nitrogen and oxygen atoms in total. The van der Waals surface area contributed by atoms with Gasteiger partial charge >= 0.3 is 0 Å². The first-order valence-electron chi connectivity index (χ1n) is 8.59. The van der Waals surface area contributed by atoms with Gasteiger partial charge in [0, 0.05) is 11.6 Å². The Balaban J connectivity index is 1.55. The minimum Gasteiger partial charge on any atom is -0.348 e. The number of nitrogens with one attached hydrogen (secondary N) is 1. The van der Waals surface area contributed by atoms with Crippen LogP contribution in [0.15, 0.2) is 36.5 Å². The number of amides is 1. The molecule has 124 valence electrons. The summed E-state index contributed by atoms with van der Waals surface area (Å²) in [5.74, 6) is 1.82. The lowest BCUT2D eigenvalue weighted by Crippen LogP contribution is -2.41.